The van der Waals surface area contributed by atoms with E-state index >= 15 is 0 Å². The third kappa shape index (κ3) is 3.80. The molecule has 0 saturated heterocycles. The zero-order valence-electron chi connectivity index (χ0n) is 12.3. The Kier molecular flexibility index (Phi) is 5.33. The van der Waals surface area contributed by atoms with E-state index in [1.165, 1.54) is 29.9 Å². The minimum atomic E-state index is -1.18. The molecule has 1 aromatic carbocycles. The molecule has 0 N–H and O–H groups in total. The summed E-state index contributed by atoms with van der Waals surface area (Å²) in [4.78, 5) is 4.23. The second-order valence-electron chi connectivity index (χ2n) is 5.49. The maximum atomic E-state index is 13.2. The molecule has 1 unspecified atom stereocenters. The third-order valence-corrected chi connectivity index (χ3v) is 6.37. The van der Waals surface area contributed by atoms with Crippen molar-refractivity contribution in [2.24, 2.45) is 0 Å². The van der Waals surface area contributed by atoms with Crippen molar-refractivity contribution in [3.63, 3.8) is 0 Å². The molecule has 1 aliphatic carbocycles. The van der Waals surface area contributed by atoms with Gasteiger partial charge in [-0.1, -0.05) is 19.3 Å². The fourth-order valence-corrected chi connectivity index (χ4v) is 5.20. The van der Waals surface area contributed by atoms with Gasteiger partial charge in [0.1, 0.15) is 10.8 Å². The third-order valence-electron chi connectivity index (χ3n) is 3.94. The summed E-state index contributed by atoms with van der Waals surface area (Å²) in [5.74, 6) is 0.156. The second kappa shape index (κ2) is 7.44. The number of thiazole rings is 1. The Balaban J connectivity index is 1.82. The van der Waals surface area contributed by atoms with Gasteiger partial charge in [0.05, 0.1) is 23.1 Å². The molecular weight excluding hydrogens is 319 g/mol. The number of anilines is 1. The second-order valence-corrected chi connectivity index (χ2v) is 7.79. The zero-order chi connectivity index (χ0) is 15.4. The number of hydrogen-bond donors (Lipinski definition) is 0. The average Bonchev–Trinajstić information content (AvgIpc) is 3.03. The zero-order valence-corrected chi connectivity index (χ0v) is 13.9. The van der Waals surface area contributed by atoms with Crippen LogP contribution in [0.1, 0.15) is 37.1 Å². The van der Waals surface area contributed by atoms with Crippen LogP contribution in [0.25, 0.3) is 0 Å². The predicted molar refractivity (Wildman–Crippen MR) is 89.7 cm³/mol. The molecule has 118 valence electrons. The van der Waals surface area contributed by atoms with E-state index < -0.39 is 11.4 Å². The van der Waals surface area contributed by atoms with E-state index in [1.807, 2.05) is 9.69 Å². The molecule has 1 aromatic heterocycles. The lowest BCUT2D eigenvalue weighted by Gasteiger charge is -2.35. The van der Waals surface area contributed by atoms with Crippen molar-refractivity contribution in [1.29, 1.82) is 0 Å². The van der Waals surface area contributed by atoms with Crippen LogP contribution >= 0.6 is 11.3 Å². The Morgan fingerprint density at radius 3 is 2.59 bits per heavy atom. The molecule has 0 bridgehead atoms. The minimum Gasteiger partial charge on any atom is -0.593 e. The smallest absolute Gasteiger partial charge is 0.182 e. The van der Waals surface area contributed by atoms with Crippen molar-refractivity contribution in [2.75, 3.05) is 4.31 Å². The van der Waals surface area contributed by atoms with Crippen molar-refractivity contribution in [3.8, 4) is 0 Å². The summed E-state index contributed by atoms with van der Waals surface area (Å²) in [7, 11) is 0. The van der Waals surface area contributed by atoms with Gasteiger partial charge in [-0.2, -0.15) is 4.31 Å². The largest absolute Gasteiger partial charge is 0.593 e. The van der Waals surface area contributed by atoms with Crippen LogP contribution in [-0.2, 0) is 17.1 Å². The van der Waals surface area contributed by atoms with Crippen LogP contribution < -0.4 is 4.31 Å². The summed E-state index contributed by atoms with van der Waals surface area (Å²) in [5, 5.41) is 2.77. The van der Waals surface area contributed by atoms with Crippen LogP contribution in [0.4, 0.5) is 10.1 Å². The summed E-state index contributed by atoms with van der Waals surface area (Å²) in [6.45, 7) is 0. The van der Waals surface area contributed by atoms with Crippen molar-refractivity contribution < 1.29 is 8.94 Å². The van der Waals surface area contributed by atoms with Gasteiger partial charge in [-0.25, -0.2) is 9.37 Å². The number of halogens is 1. The molecule has 3 rings (SSSR count). The first kappa shape index (κ1) is 15.8. The standard InChI is InChI=1S/C16H19FN2OS2/c17-13-6-8-15(9-7-13)19(14-4-2-1-3-5-14)22(20)12-16-18-10-11-21-16/h6-11,14H,1-5,12H2. The van der Waals surface area contributed by atoms with Crippen LogP contribution in [0, 0.1) is 5.82 Å². The van der Waals surface area contributed by atoms with E-state index in [0.717, 1.165) is 36.4 Å². The van der Waals surface area contributed by atoms with Gasteiger partial charge in [0.15, 0.2) is 5.75 Å². The highest BCUT2D eigenvalue weighted by atomic mass is 32.2. The first-order valence-corrected chi connectivity index (χ1v) is 9.71. The predicted octanol–water partition coefficient (Wildman–Crippen LogP) is 4.29. The Morgan fingerprint density at radius 2 is 1.95 bits per heavy atom. The summed E-state index contributed by atoms with van der Waals surface area (Å²) in [6.07, 6.45) is 7.39. The van der Waals surface area contributed by atoms with Crippen LogP contribution in [0.2, 0.25) is 0 Å². The van der Waals surface area contributed by atoms with Crippen molar-refractivity contribution in [3.05, 3.63) is 46.7 Å². The maximum absolute atomic E-state index is 13.2. The van der Waals surface area contributed by atoms with Crippen molar-refractivity contribution in [1.82, 2.24) is 4.98 Å². The van der Waals surface area contributed by atoms with Crippen molar-refractivity contribution in [2.45, 2.75) is 43.9 Å². The molecule has 0 radical (unpaired) electrons. The number of hydrogen-bond acceptors (Lipinski definition) is 4. The number of benzene rings is 1. The van der Waals surface area contributed by atoms with Gasteiger partial charge in [0, 0.05) is 11.6 Å². The van der Waals surface area contributed by atoms with Crippen molar-refractivity contribution >= 4 is 28.4 Å². The molecule has 2 aromatic rings. The molecule has 0 aliphatic heterocycles. The molecule has 0 amide bonds. The highest BCUT2D eigenvalue weighted by molar-refractivity contribution is 7.92. The molecule has 1 atom stereocenters. The monoisotopic (exact) mass is 338 g/mol. The topological polar surface area (TPSA) is 39.2 Å². The maximum Gasteiger partial charge on any atom is 0.182 e. The highest BCUT2D eigenvalue weighted by Gasteiger charge is 2.31. The number of nitrogens with zero attached hydrogens (tertiary/aromatic N) is 2. The molecule has 1 aliphatic rings. The van der Waals surface area contributed by atoms with Crippen LogP contribution in [0.15, 0.2) is 35.8 Å². The first-order valence-electron chi connectivity index (χ1n) is 7.56. The summed E-state index contributed by atoms with van der Waals surface area (Å²) in [5.41, 5.74) is 0.836. The number of rotatable bonds is 5. The molecule has 1 saturated carbocycles. The Morgan fingerprint density at radius 1 is 1.23 bits per heavy atom. The molecular formula is C16H19FN2OS2. The Bertz CT molecular complexity index is 570. The normalized spacial score (nSPS) is 17.4. The SMILES string of the molecule is [O-][S+](Cc1nccs1)N(c1ccc(F)cc1)C1CCCCC1. The average molecular weight is 338 g/mol. The highest BCUT2D eigenvalue weighted by Crippen LogP contribution is 2.31. The van der Waals surface area contributed by atoms with E-state index in [9.17, 15) is 8.94 Å². The molecule has 22 heavy (non-hydrogen) atoms. The summed E-state index contributed by atoms with van der Waals surface area (Å²) < 4.78 is 28.1. The summed E-state index contributed by atoms with van der Waals surface area (Å²) >= 11 is 0.339. The van der Waals surface area contributed by atoms with Gasteiger partial charge >= 0.3 is 0 Å². The fourth-order valence-electron chi connectivity index (χ4n) is 2.90. The fraction of sp³-hybridized carbons (Fsp3) is 0.438. The molecule has 0 spiro atoms. The van der Waals surface area contributed by atoms with E-state index in [0.29, 0.717) is 5.75 Å². The quantitative estimate of drug-likeness (QED) is 0.764. The Labute approximate surface area is 137 Å². The lowest BCUT2D eigenvalue weighted by atomic mass is 9.95. The molecule has 3 nitrogen and oxygen atoms in total. The molecule has 1 fully saturated rings. The van der Waals surface area contributed by atoms with E-state index in [4.69, 9.17) is 0 Å². The lowest BCUT2D eigenvalue weighted by Crippen LogP contribution is -2.42. The van der Waals surface area contributed by atoms with Crippen LogP contribution in [0.5, 0.6) is 0 Å². The van der Waals surface area contributed by atoms with E-state index in [-0.39, 0.29) is 11.9 Å². The van der Waals surface area contributed by atoms with Crippen LogP contribution in [0.3, 0.4) is 0 Å². The van der Waals surface area contributed by atoms with Crippen LogP contribution in [-0.4, -0.2) is 15.6 Å². The number of aromatic nitrogens is 1. The lowest BCUT2D eigenvalue weighted by molar-refractivity contribution is 0.437. The van der Waals surface area contributed by atoms with Gasteiger partial charge in [0.2, 0.25) is 0 Å². The minimum absolute atomic E-state index is 0.264. The van der Waals surface area contributed by atoms with E-state index in [2.05, 4.69) is 4.98 Å². The van der Waals surface area contributed by atoms with Gasteiger partial charge in [-0.3, -0.25) is 0 Å². The molecule has 6 heteroatoms. The van der Waals surface area contributed by atoms with Gasteiger partial charge in [-0.05, 0) is 37.1 Å². The van der Waals surface area contributed by atoms with Gasteiger partial charge in [-0.15, -0.1) is 11.3 Å². The van der Waals surface area contributed by atoms with Gasteiger partial charge < -0.3 is 4.55 Å². The van der Waals surface area contributed by atoms with Gasteiger partial charge in [0.25, 0.3) is 0 Å². The summed E-state index contributed by atoms with van der Waals surface area (Å²) in [6, 6.07) is 6.59. The first-order chi connectivity index (χ1) is 10.7. The molecule has 1 heterocycles. The van der Waals surface area contributed by atoms with E-state index in [1.54, 1.807) is 18.3 Å². The Hall–Kier alpha value is -1.11.